The van der Waals surface area contributed by atoms with E-state index in [1.165, 1.54) is 19.3 Å². The van der Waals surface area contributed by atoms with E-state index in [9.17, 15) is 0 Å². The molecule has 1 rings (SSSR count). The number of hydrogen-bond acceptors (Lipinski definition) is 3. The summed E-state index contributed by atoms with van der Waals surface area (Å²) in [5.74, 6) is 1.96. The zero-order chi connectivity index (χ0) is 12.0. The topological polar surface area (TPSA) is 25.8 Å². The lowest BCUT2D eigenvalue weighted by atomic mass is 10.3. The molecule has 0 radical (unpaired) electrons. The van der Waals surface area contributed by atoms with Crippen LogP contribution in [-0.2, 0) is 6.42 Å². The first-order chi connectivity index (χ1) is 7.69. The molecular weight excluding hydrogens is 240 g/mol. The van der Waals surface area contributed by atoms with Crippen LogP contribution in [0.3, 0.4) is 0 Å². The number of thioether (sulfide) groups is 1. The predicted octanol–water partition coefficient (Wildman–Crippen LogP) is 4.28. The van der Waals surface area contributed by atoms with Crippen LogP contribution in [0.15, 0.2) is 5.03 Å². The molecule has 0 aliphatic carbocycles. The molecule has 0 aliphatic heterocycles. The van der Waals surface area contributed by atoms with Crippen LogP contribution in [0.2, 0.25) is 5.15 Å². The van der Waals surface area contributed by atoms with E-state index in [4.69, 9.17) is 11.6 Å². The van der Waals surface area contributed by atoms with Crippen LogP contribution in [0.4, 0.5) is 0 Å². The van der Waals surface area contributed by atoms with E-state index in [1.54, 1.807) is 11.8 Å². The Balaban J connectivity index is 2.66. The van der Waals surface area contributed by atoms with E-state index in [-0.39, 0.29) is 0 Å². The Kier molecular flexibility index (Phi) is 6.14. The van der Waals surface area contributed by atoms with Gasteiger partial charge in [-0.2, -0.15) is 0 Å². The maximum atomic E-state index is 6.07. The third-order valence-corrected chi connectivity index (χ3v) is 3.92. The molecule has 1 aromatic heterocycles. The van der Waals surface area contributed by atoms with E-state index >= 15 is 0 Å². The summed E-state index contributed by atoms with van der Waals surface area (Å²) in [5, 5.41) is 1.65. The fourth-order valence-corrected chi connectivity index (χ4v) is 2.60. The molecule has 90 valence electrons. The molecule has 0 aromatic carbocycles. The van der Waals surface area contributed by atoms with Crippen LogP contribution >= 0.6 is 23.4 Å². The molecule has 0 spiro atoms. The number of nitrogens with zero attached hydrogens (tertiary/aromatic N) is 2. The highest BCUT2D eigenvalue weighted by Gasteiger charge is 2.08. The zero-order valence-electron chi connectivity index (χ0n) is 10.2. The maximum absolute atomic E-state index is 6.07. The molecule has 4 heteroatoms. The minimum Gasteiger partial charge on any atom is -0.226 e. The number of hydrogen-bond donors (Lipinski definition) is 0. The summed E-state index contributed by atoms with van der Waals surface area (Å²) >= 11 is 7.87. The molecule has 1 heterocycles. The molecular formula is C12H19ClN2S. The van der Waals surface area contributed by atoms with Gasteiger partial charge in [0.15, 0.2) is 0 Å². The number of halogens is 1. The highest BCUT2D eigenvalue weighted by molar-refractivity contribution is 7.99. The molecule has 16 heavy (non-hydrogen) atoms. The SMILES string of the molecule is CCCCCSc1nc(CC)nc(Cl)c1C. The Morgan fingerprint density at radius 1 is 1.19 bits per heavy atom. The molecule has 0 saturated heterocycles. The molecule has 0 saturated carbocycles. The van der Waals surface area contributed by atoms with Gasteiger partial charge in [0.25, 0.3) is 0 Å². The molecule has 0 bridgehead atoms. The molecule has 1 aromatic rings. The molecule has 0 N–H and O–H groups in total. The van der Waals surface area contributed by atoms with Crippen LogP contribution in [0.1, 0.15) is 44.5 Å². The van der Waals surface area contributed by atoms with Crippen molar-refractivity contribution in [1.82, 2.24) is 9.97 Å². The van der Waals surface area contributed by atoms with Crippen molar-refractivity contribution in [2.45, 2.75) is 51.5 Å². The third-order valence-electron chi connectivity index (χ3n) is 2.39. The number of unbranched alkanes of at least 4 members (excludes halogenated alkanes) is 2. The van der Waals surface area contributed by atoms with Gasteiger partial charge in [-0.1, -0.05) is 38.3 Å². The van der Waals surface area contributed by atoms with Gasteiger partial charge in [0.05, 0.1) is 0 Å². The van der Waals surface area contributed by atoms with E-state index < -0.39 is 0 Å². The Labute approximate surface area is 107 Å². The first kappa shape index (κ1) is 13.8. The van der Waals surface area contributed by atoms with Gasteiger partial charge in [-0.05, 0) is 19.1 Å². The van der Waals surface area contributed by atoms with Crippen LogP contribution in [0.25, 0.3) is 0 Å². The Morgan fingerprint density at radius 2 is 1.94 bits per heavy atom. The first-order valence-corrected chi connectivity index (χ1v) is 7.21. The Hall–Kier alpha value is -0.280. The largest absolute Gasteiger partial charge is 0.226 e. The van der Waals surface area contributed by atoms with Crippen molar-refractivity contribution in [2.24, 2.45) is 0 Å². The fraction of sp³-hybridized carbons (Fsp3) is 0.667. The number of aryl methyl sites for hydroxylation is 1. The lowest BCUT2D eigenvalue weighted by Gasteiger charge is -2.07. The van der Waals surface area contributed by atoms with Crippen molar-refractivity contribution < 1.29 is 0 Å². The maximum Gasteiger partial charge on any atom is 0.136 e. The summed E-state index contributed by atoms with van der Waals surface area (Å²) in [6, 6.07) is 0. The van der Waals surface area contributed by atoms with Gasteiger partial charge in [-0.15, -0.1) is 11.8 Å². The standard InChI is InChI=1S/C12H19ClN2S/c1-4-6-7-8-16-12-9(3)11(13)14-10(5-2)15-12/h4-8H2,1-3H3. The van der Waals surface area contributed by atoms with Gasteiger partial charge < -0.3 is 0 Å². The van der Waals surface area contributed by atoms with Crippen LogP contribution in [0.5, 0.6) is 0 Å². The fourth-order valence-electron chi connectivity index (χ4n) is 1.33. The minimum absolute atomic E-state index is 0.602. The van der Waals surface area contributed by atoms with Crippen LogP contribution < -0.4 is 0 Å². The van der Waals surface area contributed by atoms with Crippen LogP contribution in [0, 0.1) is 6.92 Å². The molecule has 0 unspecified atom stereocenters. The normalized spacial score (nSPS) is 10.8. The van der Waals surface area contributed by atoms with E-state index in [0.717, 1.165) is 28.6 Å². The average Bonchev–Trinajstić information content (AvgIpc) is 2.29. The summed E-state index contributed by atoms with van der Waals surface area (Å²) in [6.45, 7) is 6.25. The number of aromatic nitrogens is 2. The molecule has 0 aliphatic rings. The van der Waals surface area contributed by atoms with E-state index in [0.29, 0.717) is 5.15 Å². The van der Waals surface area contributed by atoms with Crippen LogP contribution in [-0.4, -0.2) is 15.7 Å². The van der Waals surface area contributed by atoms with Crippen molar-refractivity contribution in [2.75, 3.05) is 5.75 Å². The van der Waals surface area contributed by atoms with Gasteiger partial charge in [0.1, 0.15) is 16.0 Å². The first-order valence-electron chi connectivity index (χ1n) is 5.84. The highest BCUT2D eigenvalue weighted by atomic mass is 35.5. The highest BCUT2D eigenvalue weighted by Crippen LogP contribution is 2.25. The van der Waals surface area contributed by atoms with Crippen molar-refractivity contribution in [3.8, 4) is 0 Å². The zero-order valence-corrected chi connectivity index (χ0v) is 11.8. The lowest BCUT2D eigenvalue weighted by molar-refractivity contribution is 0.777. The van der Waals surface area contributed by atoms with Gasteiger partial charge in [-0.3, -0.25) is 0 Å². The monoisotopic (exact) mass is 258 g/mol. The van der Waals surface area contributed by atoms with Crippen molar-refractivity contribution in [3.63, 3.8) is 0 Å². The number of rotatable bonds is 6. The Morgan fingerprint density at radius 3 is 2.56 bits per heavy atom. The van der Waals surface area contributed by atoms with Crippen molar-refractivity contribution in [3.05, 3.63) is 16.5 Å². The lowest BCUT2D eigenvalue weighted by Crippen LogP contribution is -1.99. The second-order valence-electron chi connectivity index (χ2n) is 3.77. The second kappa shape index (κ2) is 7.13. The molecule has 0 fully saturated rings. The quantitative estimate of drug-likeness (QED) is 0.433. The van der Waals surface area contributed by atoms with E-state index in [1.807, 2.05) is 13.8 Å². The minimum atomic E-state index is 0.602. The summed E-state index contributed by atoms with van der Waals surface area (Å²) in [7, 11) is 0. The summed E-state index contributed by atoms with van der Waals surface area (Å²) < 4.78 is 0. The van der Waals surface area contributed by atoms with Gasteiger partial charge >= 0.3 is 0 Å². The van der Waals surface area contributed by atoms with Gasteiger partial charge in [-0.25, -0.2) is 9.97 Å². The predicted molar refractivity (Wildman–Crippen MR) is 71.4 cm³/mol. The smallest absolute Gasteiger partial charge is 0.136 e. The summed E-state index contributed by atoms with van der Waals surface area (Å²) in [4.78, 5) is 8.75. The summed E-state index contributed by atoms with van der Waals surface area (Å²) in [5.41, 5.74) is 1.01. The van der Waals surface area contributed by atoms with E-state index in [2.05, 4.69) is 16.9 Å². The second-order valence-corrected chi connectivity index (χ2v) is 5.21. The third kappa shape index (κ3) is 3.95. The molecule has 0 atom stereocenters. The van der Waals surface area contributed by atoms with Gasteiger partial charge in [0, 0.05) is 12.0 Å². The Bertz CT molecular complexity index is 342. The summed E-state index contributed by atoms with van der Waals surface area (Å²) in [6.07, 6.45) is 4.61. The van der Waals surface area contributed by atoms with Crippen molar-refractivity contribution in [1.29, 1.82) is 0 Å². The van der Waals surface area contributed by atoms with Gasteiger partial charge in [0.2, 0.25) is 0 Å². The molecule has 0 amide bonds. The molecule has 2 nitrogen and oxygen atoms in total. The average molecular weight is 259 g/mol. The van der Waals surface area contributed by atoms with Crippen molar-refractivity contribution >= 4 is 23.4 Å².